The van der Waals surface area contributed by atoms with Gasteiger partial charge in [-0.15, -0.1) is 0 Å². The third kappa shape index (κ3) is 6.22. The van der Waals surface area contributed by atoms with Crippen LogP contribution in [-0.4, -0.2) is 39.2 Å². The van der Waals surface area contributed by atoms with Gasteiger partial charge in [0.05, 0.1) is 12.1 Å². The first-order valence-corrected chi connectivity index (χ1v) is 10.7. The number of carbonyl (C=O) groups excluding carboxylic acids is 1. The molecular weight excluding hydrogens is 461 g/mol. The fourth-order valence-corrected chi connectivity index (χ4v) is 3.18. The molecule has 0 saturated heterocycles. The van der Waals surface area contributed by atoms with Crippen LogP contribution in [0.15, 0.2) is 48.5 Å². The van der Waals surface area contributed by atoms with Gasteiger partial charge in [-0.05, 0) is 66.8 Å². The first-order chi connectivity index (χ1) is 16.1. The molecule has 176 valence electrons. The van der Waals surface area contributed by atoms with E-state index in [4.69, 9.17) is 21.4 Å². The summed E-state index contributed by atoms with van der Waals surface area (Å²) in [6.07, 6.45) is 0. The maximum atomic E-state index is 13.3. The van der Waals surface area contributed by atoms with Gasteiger partial charge in [-0.2, -0.15) is 0 Å². The molecule has 1 heterocycles. The fraction of sp³-hybridized carbons (Fsp3) is 0.240. The van der Waals surface area contributed by atoms with E-state index in [1.54, 1.807) is 38.1 Å². The van der Waals surface area contributed by atoms with Gasteiger partial charge < -0.3 is 19.7 Å². The summed E-state index contributed by atoms with van der Waals surface area (Å²) in [5, 5.41) is 11.9. The molecule has 0 aliphatic rings. The molecule has 0 atom stereocenters. The Balaban J connectivity index is 1.93. The normalized spacial score (nSPS) is 11.0. The van der Waals surface area contributed by atoms with Gasteiger partial charge in [0.1, 0.15) is 22.8 Å². The van der Waals surface area contributed by atoms with Crippen LogP contribution in [0.5, 0.6) is 0 Å². The van der Waals surface area contributed by atoms with E-state index in [2.05, 4.69) is 22.1 Å². The predicted molar refractivity (Wildman–Crippen MR) is 125 cm³/mol. The van der Waals surface area contributed by atoms with Crippen LogP contribution < -0.4 is 5.32 Å². The number of halogens is 2. The van der Waals surface area contributed by atoms with Crippen molar-refractivity contribution in [3.63, 3.8) is 0 Å². The number of carbonyl (C=O) groups is 2. The lowest BCUT2D eigenvalue weighted by molar-refractivity contribution is 0.0696. The van der Waals surface area contributed by atoms with Gasteiger partial charge in [0.15, 0.2) is 0 Å². The van der Waals surface area contributed by atoms with Gasteiger partial charge in [0, 0.05) is 13.7 Å². The SMILES string of the molecule is COC(C)(C)C#Cc1nc(Cl)n(Cc2ccc(F)cc2)c1C(=O)NCc1ccc(C(=O)O)cc1. The van der Waals surface area contributed by atoms with Crippen LogP contribution in [0.2, 0.25) is 5.28 Å². The van der Waals surface area contributed by atoms with Crippen molar-refractivity contribution in [1.82, 2.24) is 14.9 Å². The molecule has 0 saturated carbocycles. The highest BCUT2D eigenvalue weighted by atomic mass is 35.5. The van der Waals surface area contributed by atoms with Crippen molar-refractivity contribution in [2.75, 3.05) is 7.11 Å². The zero-order chi connectivity index (χ0) is 24.9. The topological polar surface area (TPSA) is 93.5 Å². The van der Waals surface area contributed by atoms with E-state index in [9.17, 15) is 14.0 Å². The van der Waals surface area contributed by atoms with Crippen LogP contribution in [0.4, 0.5) is 4.39 Å². The number of benzene rings is 2. The van der Waals surface area contributed by atoms with Crippen molar-refractivity contribution in [2.24, 2.45) is 0 Å². The van der Waals surface area contributed by atoms with Gasteiger partial charge in [-0.25, -0.2) is 14.2 Å². The second-order valence-corrected chi connectivity index (χ2v) is 8.28. The molecule has 7 nitrogen and oxygen atoms in total. The summed E-state index contributed by atoms with van der Waals surface area (Å²) in [5.41, 5.74) is 1.13. The third-order valence-corrected chi connectivity index (χ3v) is 5.32. The first kappa shape index (κ1) is 25.0. The molecule has 0 spiro atoms. The molecule has 9 heteroatoms. The number of ether oxygens (including phenoxy) is 1. The maximum Gasteiger partial charge on any atom is 0.335 e. The summed E-state index contributed by atoms with van der Waals surface area (Å²) in [7, 11) is 1.53. The Morgan fingerprint density at radius 3 is 2.35 bits per heavy atom. The molecule has 2 aromatic carbocycles. The molecule has 1 aromatic heterocycles. The molecular formula is C25H23ClFN3O4. The predicted octanol–water partition coefficient (Wildman–Crippen LogP) is 4.13. The molecule has 3 aromatic rings. The van der Waals surface area contributed by atoms with E-state index in [1.165, 1.54) is 35.9 Å². The minimum atomic E-state index is -1.03. The number of rotatable bonds is 7. The minimum absolute atomic E-state index is 0.0554. The second kappa shape index (κ2) is 10.5. The van der Waals surface area contributed by atoms with Crippen LogP contribution in [0.1, 0.15) is 51.5 Å². The van der Waals surface area contributed by atoms with Gasteiger partial charge in [-0.3, -0.25) is 4.79 Å². The smallest absolute Gasteiger partial charge is 0.335 e. The number of nitrogens with one attached hydrogen (secondary N) is 1. The summed E-state index contributed by atoms with van der Waals surface area (Å²) in [5.74, 6) is 3.94. The van der Waals surface area contributed by atoms with Gasteiger partial charge in [-0.1, -0.05) is 30.2 Å². The summed E-state index contributed by atoms with van der Waals surface area (Å²) in [4.78, 5) is 28.5. The van der Waals surface area contributed by atoms with Crippen molar-refractivity contribution in [2.45, 2.75) is 32.5 Å². The van der Waals surface area contributed by atoms with E-state index in [0.29, 0.717) is 5.56 Å². The van der Waals surface area contributed by atoms with Gasteiger partial charge in [0.25, 0.3) is 5.91 Å². The van der Waals surface area contributed by atoms with Crippen LogP contribution in [0.25, 0.3) is 0 Å². The number of imidazole rings is 1. The molecule has 0 unspecified atom stereocenters. The number of methoxy groups -OCH3 is 1. The van der Waals surface area contributed by atoms with Crippen LogP contribution in [0.3, 0.4) is 0 Å². The lowest BCUT2D eigenvalue weighted by atomic mass is 10.1. The standard InChI is InChI=1S/C25H23ClFN3O4/c1-25(2,34-3)13-12-20-21(22(31)28-14-16-4-8-18(9-5-16)23(32)33)30(24(26)29-20)15-17-6-10-19(27)11-7-17/h4-11H,14-15H2,1-3H3,(H,28,31)(H,32,33). The second-order valence-electron chi connectivity index (χ2n) is 7.94. The molecule has 34 heavy (non-hydrogen) atoms. The van der Waals surface area contributed by atoms with Crippen molar-refractivity contribution < 1.29 is 23.8 Å². The molecule has 0 radical (unpaired) electrons. The molecule has 0 fully saturated rings. The van der Waals surface area contributed by atoms with Gasteiger partial charge >= 0.3 is 5.97 Å². The van der Waals surface area contributed by atoms with E-state index in [-0.39, 0.29) is 41.1 Å². The Bertz CT molecular complexity index is 1260. The van der Waals surface area contributed by atoms with Crippen molar-refractivity contribution >= 4 is 23.5 Å². The van der Waals surface area contributed by atoms with Crippen LogP contribution in [-0.2, 0) is 17.8 Å². The molecule has 0 aliphatic carbocycles. The van der Waals surface area contributed by atoms with E-state index in [0.717, 1.165) is 5.56 Å². The summed E-state index contributed by atoms with van der Waals surface area (Å²) in [6.45, 7) is 3.88. The number of carboxylic acid groups (broad SMARTS) is 1. The minimum Gasteiger partial charge on any atom is -0.478 e. The fourth-order valence-electron chi connectivity index (χ4n) is 2.95. The van der Waals surface area contributed by atoms with E-state index in [1.807, 2.05) is 0 Å². The Morgan fingerprint density at radius 2 is 1.76 bits per heavy atom. The molecule has 0 aliphatic heterocycles. The number of aromatic carboxylic acids is 1. The lowest BCUT2D eigenvalue weighted by Gasteiger charge is -2.14. The molecule has 0 bridgehead atoms. The average molecular weight is 484 g/mol. The van der Waals surface area contributed by atoms with E-state index < -0.39 is 17.5 Å². The summed E-state index contributed by atoms with van der Waals surface area (Å²) < 4.78 is 20.1. The number of hydrogen-bond donors (Lipinski definition) is 2. The molecule has 2 N–H and O–H groups in total. The number of carboxylic acids is 1. The monoisotopic (exact) mass is 483 g/mol. The van der Waals surface area contributed by atoms with Crippen LogP contribution >= 0.6 is 11.6 Å². The summed E-state index contributed by atoms with van der Waals surface area (Å²) >= 11 is 6.37. The van der Waals surface area contributed by atoms with Crippen molar-refractivity contribution in [3.05, 3.63) is 87.7 Å². The Hall–Kier alpha value is -3.67. The first-order valence-electron chi connectivity index (χ1n) is 10.3. The Kier molecular flexibility index (Phi) is 7.72. The molecule has 3 rings (SSSR count). The quantitative estimate of drug-likeness (QED) is 0.493. The lowest BCUT2D eigenvalue weighted by Crippen LogP contribution is -2.27. The van der Waals surface area contributed by atoms with Crippen molar-refractivity contribution in [3.8, 4) is 11.8 Å². The largest absolute Gasteiger partial charge is 0.478 e. The summed E-state index contributed by atoms with van der Waals surface area (Å²) in [6, 6.07) is 12.0. The van der Waals surface area contributed by atoms with Crippen LogP contribution in [0, 0.1) is 17.7 Å². The highest BCUT2D eigenvalue weighted by Crippen LogP contribution is 2.20. The molecule has 1 amide bonds. The zero-order valence-electron chi connectivity index (χ0n) is 18.9. The number of hydrogen-bond acceptors (Lipinski definition) is 4. The average Bonchev–Trinajstić information content (AvgIpc) is 3.13. The van der Waals surface area contributed by atoms with E-state index >= 15 is 0 Å². The number of nitrogens with zero attached hydrogens (tertiary/aromatic N) is 2. The highest BCUT2D eigenvalue weighted by Gasteiger charge is 2.22. The zero-order valence-corrected chi connectivity index (χ0v) is 19.6. The van der Waals surface area contributed by atoms with Crippen molar-refractivity contribution in [1.29, 1.82) is 0 Å². The number of amides is 1. The number of aromatic nitrogens is 2. The highest BCUT2D eigenvalue weighted by molar-refractivity contribution is 6.29. The van der Waals surface area contributed by atoms with Gasteiger partial charge in [0.2, 0.25) is 5.28 Å². The Morgan fingerprint density at radius 1 is 1.15 bits per heavy atom. The Labute approximate surface area is 201 Å². The third-order valence-electron chi connectivity index (χ3n) is 5.04. The maximum absolute atomic E-state index is 13.3.